The van der Waals surface area contributed by atoms with Gasteiger partial charge in [0.25, 0.3) is 11.6 Å². The number of rotatable bonds is 5. The Bertz CT molecular complexity index is 489. The molecular weight excluding hydrogens is 312 g/mol. The largest absolute Gasteiger partial charge is 0.339 e. The van der Waals surface area contributed by atoms with Crippen LogP contribution in [-0.2, 0) is 0 Å². The molecule has 0 fully saturated rings. The van der Waals surface area contributed by atoms with Gasteiger partial charge in [-0.15, -0.1) is 0 Å². The molecule has 0 saturated carbocycles. The van der Waals surface area contributed by atoms with E-state index in [1.165, 1.54) is 18.2 Å². The Hall–Kier alpha value is -1.43. The molecule has 0 atom stereocenters. The van der Waals surface area contributed by atoms with E-state index in [0.717, 1.165) is 0 Å². The van der Waals surface area contributed by atoms with Crippen LogP contribution in [0.4, 0.5) is 5.69 Å². The first kappa shape index (κ1) is 15.6. The fourth-order valence-electron chi connectivity index (χ4n) is 1.76. The predicted molar refractivity (Wildman–Crippen MR) is 77.2 cm³/mol. The second kappa shape index (κ2) is 6.65. The Morgan fingerprint density at radius 3 is 2.58 bits per heavy atom. The Balaban J connectivity index is 3.09. The highest BCUT2D eigenvalue weighted by atomic mass is 79.9. The summed E-state index contributed by atoms with van der Waals surface area (Å²) in [6.45, 7) is 7.15. The van der Waals surface area contributed by atoms with Crippen molar-refractivity contribution in [2.45, 2.75) is 20.8 Å². The number of amides is 1. The van der Waals surface area contributed by atoms with Gasteiger partial charge in [0.05, 0.1) is 10.5 Å². The molecule has 1 amide bonds. The van der Waals surface area contributed by atoms with E-state index in [4.69, 9.17) is 0 Å². The van der Waals surface area contributed by atoms with Crippen molar-refractivity contribution in [3.8, 4) is 0 Å². The minimum atomic E-state index is -0.498. The topological polar surface area (TPSA) is 63.5 Å². The van der Waals surface area contributed by atoms with Gasteiger partial charge in [-0.2, -0.15) is 0 Å². The van der Waals surface area contributed by atoms with E-state index in [9.17, 15) is 14.9 Å². The number of nitro groups is 1. The molecule has 0 unspecified atom stereocenters. The summed E-state index contributed by atoms with van der Waals surface area (Å²) < 4.78 is 0.574. The van der Waals surface area contributed by atoms with Crippen LogP contribution in [0.15, 0.2) is 22.7 Å². The Labute approximate surface area is 120 Å². The van der Waals surface area contributed by atoms with Crippen molar-refractivity contribution in [3.63, 3.8) is 0 Å². The van der Waals surface area contributed by atoms with Crippen molar-refractivity contribution >= 4 is 27.5 Å². The van der Waals surface area contributed by atoms with Gasteiger partial charge in [0.15, 0.2) is 0 Å². The molecule has 0 N–H and O–H groups in total. The zero-order valence-corrected chi connectivity index (χ0v) is 12.8. The van der Waals surface area contributed by atoms with E-state index >= 15 is 0 Å². The number of non-ortho nitro benzene ring substituents is 1. The van der Waals surface area contributed by atoms with Crippen LogP contribution in [0.2, 0.25) is 0 Å². The monoisotopic (exact) mass is 328 g/mol. The molecule has 6 heteroatoms. The second-order valence-electron chi connectivity index (χ2n) is 4.66. The third-order valence-corrected chi connectivity index (χ3v) is 3.34. The van der Waals surface area contributed by atoms with E-state index in [1.807, 2.05) is 20.8 Å². The summed E-state index contributed by atoms with van der Waals surface area (Å²) in [5.41, 5.74) is 0.254. The lowest BCUT2D eigenvalue weighted by Crippen LogP contribution is -2.34. The SMILES string of the molecule is CCN(CC(C)C)C(=O)c1cc([N+](=O)[O-])ccc1Br. The van der Waals surface area contributed by atoms with Crippen molar-refractivity contribution < 1.29 is 9.72 Å². The number of benzene rings is 1. The molecule has 0 aliphatic rings. The zero-order valence-electron chi connectivity index (χ0n) is 11.2. The average molecular weight is 329 g/mol. The molecule has 1 aromatic carbocycles. The Morgan fingerprint density at radius 2 is 2.11 bits per heavy atom. The highest BCUT2D eigenvalue weighted by Gasteiger charge is 2.20. The molecule has 0 radical (unpaired) electrons. The number of hydrogen-bond donors (Lipinski definition) is 0. The highest BCUT2D eigenvalue weighted by molar-refractivity contribution is 9.10. The molecule has 0 heterocycles. The van der Waals surface area contributed by atoms with Crippen LogP contribution >= 0.6 is 15.9 Å². The molecule has 0 aromatic heterocycles. The molecule has 5 nitrogen and oxygen atoms in total. The summed E-state index contributed by atoms with van der Waals surface area (Å²) >= 11 is 3.27. The molecule has 0 bridgehead atoms. The van der Waals surface area contributed by atoms with Gasteiger partial charge < -0.3 is 4.90 Å². The van der Waals surface area contributed by atoms with Crippen LogP contribution in [0, 0.1) is 16.0 Å². The summed E-state index contributed by atoms with van der Waals surface area (Å²) in [4.78, 5) is 24.3. The molecule has 0 spiro atoms. The average Bonchev–Trinajstić information content (AvgIpc) is 2.35. The number of halogens is 1. The first-order valence-corrected chi connectivity index (χ1v) is 6.89. The smallest absolute Gasteiger partial charge is 0.270 e. The molecule has 0 aliphatic heterocycles. The lowest BCUT2D eigenvalue weighted by Gasteiger charge is -2.23. The second-order valence-corrected chi connectivity index (χ2v) is 5.51. The van der Waals surface area contributed by atoms with Crippen LogP contribution in [0.25, 0.3) is 0 Å². The number of nitrogens with zero attached hydrogens (tertiary/aromatic N) is 2. The fraction of sp³-hybridized carbons (Fsp3) is 0.462. The van der Waals surface area contributed by atoms with E-state index < -0.39 is 4.92 Å². The number of hydrogen-bond acceptors (Lipinski definition) is 3. The molecule has 1 aromatic rings. The lowest BCUT2D eigenvalue weighted by molar-refractivity contribution is -0.384. The van der Waals surface area contributed by atoms with Crippen molar-refractivity contribution in [2.75, 3.05) is 13.1 Å². The predicted octanol–water partition coefficient (Wildman–Crippen LogP) is 3.48. The third kappa shape index (κ3) is 4.02. The van der Waals surface area contributed by atoms with E-state index in [-0.39, 0.29) is 11.6 Å². The third-order valence-electron chi connectivity index (χ3n) is 2.65. The first-order valence-electron chi connectivity index (χ1n) is 6.10. The van der Waals surface area contributed by atoms with Gasteiger partial charge >= 0.3 is 0 Å². The van der Waals surface area contributed by atoms with Gasteiger partial charge in [0, 0.05) is 29.7 Å². The molecule has 19 heavy (non-hydrogen) atoms. The molecular formula is C13H17BrN2O3. The van der Waals surface area contributed by atoms with Gasteiger partial charge in [-0.05, 0) is 34.8 Å². The summed E-state index contributed by atoms with van der Waals surface area (Å²) in [7, 11) is 0. The van der Waals surface area contributed by atoms with E-state index in [2.05, 4.69) is 15.9 Å². The minimum Gasteiger partial charge on any atom is -0.339 e. The van der Waals surface area contributed by atoms with Crippen LogP contribution in [0.1, 0.15) is 31.1 Å². The quantitative estimate of drug-likeness (QED) is 0.614. The first-order chi connectivity index (χ1) is 8.86. The van der Waals surface area contributed by atoms with Gasteiger partial charge in [0.1, 0.15) is 0 Å². The van der Waals surface area contributed by atoms with E-state index in [0.29, 0.717) is 29.0 Å². The standard InChI is InChI=1S/C13H17BrN2O3/c1-4-15(8-9(2)3)13(17)11-7-10(16(18)19)5-6-12(11)14/h5-7,9H,4,8H2,1-3H3. The van der Waals surface area contributed by atoms with Gasteiger partial charge in [-0.25, -0.2) is 0 Å². The molecule has 1 rings (SSSR count). The number of carbonyl (C=O) groups excluding carboxylic acids is 1. The van der Waals surface area contributed by atoms with Crippen molar-refractivity contribution in [1.82, 2.24) is 4.90 Å². The number of carbonyl (C=O) groups is 1. The van der Waals surface area contributed by atoms with Crippen molar-refractivity contribution in [1.29, 1.82) is 0 Å². The lowest BCUT2D eigenvalue weighted by atomic mass is 10.1. The van der Waals surface area contributed by atoms with Crippen molar-refractivity contribution in [3.05, 3.63) is 38.3 Å². The van der Waals surface area contributed by atoms with E-state index in [1.54, 1.807) is 4.90 Å². The summed E-state index contributed by atoms with van der Waals surface area (Å²) in [6.07, 6.45) is 0. The van der Waals surface area contributed by atoms with Crippen molar-refractivity contribution in [2.24, 2.45) is 5.92 Å². The Kier molecular flexibility index (Phi) is 5.47. The molecule has 0 saturated heterocycles. The van der Waals surface area contributed by atoms with Gasteiger partial charge in [-0.3, -0.25) is 14.9 Å². The van der Waals surface area contributed by atoms with Crippen LogP contribution in [-0.4, -0.2) is 28.8 Å². The summed E-state index contributed by atoms with van der Waals surface area (Å²) in [6, 6.07) is 4.23. The summed E-state index contributed by atoms with van der Waals surface area (Å²) in [5.74, 6) is 0.160. The maximum Gasteiger partial charge on any atom is 0.270 e. The normalized spacial score (nSPS) is 10.6. The number of nitro benzene ring substituents is 1. The van der Waals surface area contributed by atoms with Crippen LogP contribution in [0.3, 0.4) is 0 Å². The Morgan fingerprint density at radius 1 is 1.47 bits per heavy atom. The summed E-state index contributed by atoms with van der Waals surface area (Å²) in [5, 5.41) is 10.8. The van der Waals surface area contributed by atoms with Gasteiger partial charge in [0.2, 0.25) is 0 Å². The molecule has 104 valence electrons. The molecule has 0 aliphatic carbocycles. The van der Waals surface area contributed by atoms with Crippen LogP contribution < -0.4 is 0 Å². The minimum absolute atomic E-state index is 0.0767. The zero-order chi connectivity index (χ0) is 14.6. The maximum absolute atomic E-state index is 12.4. The van der Waals surface area contributed by atoms with Gasteiger partial charge in [-0.1, -0.05) is 13.8 Å². The van der Waals surface area contributed by atoms with Crippen LogP contribution in [0.5, 0.6) is 0 Å². The highest BCUT2D eigenvalue weighted by Crippen LogP contribution is 2.24. The maximum atomic E-state index is 12.4. The fourth-order valence-corrected chi connectivity index (χ4v) is 2.17.